The topological polar surface area (TPSA) is 63.7 Å². The van der Waals surface area contributed by atoms with Crippen molar-refractivity contribution < 1.29 is 22.3 Å². The normalized spacial score (nSPS) is 11.6. The summed E-state index contributed by atoms with van der Waals surface area (Å²) >= 11 is 0. The molecule has 0 aliphatic heterocycles. The number of halogens is 1. The number of nitrogens with zero attached hydrogens (tertiary/aromatic N) is 1. The van der Waals surface area contributed by atoms with Crippen LogP contribution in [0.15, 0.2) is 41.3 Å². The van der Waals surface area contributed by atoms with Gasteiger partial charge in [-0.2, -0.15) is 4.31 Å². The predicted molar refractivity (Wildman–Crippen MR) is 97.4 cm³/mol. The Kier molecular flexibility index (Phi) is 6.15. The molecule has 7 heteroatoms. The first-order chi connectivity index (χ1) is 12.2. The fourth-order valence-electron chi connectivity index (χ4n) is 2.64. The standard InChI is InChI=1S/C19H22FNO4S/c1-5-21(6-2)26(23,24)15-10-11-17(20)16(12-15)19(22)25-18-13(3)8-7-9-14(18)4/h7-12H,5-6H2,1-4H3. The summed E-state index contributed by atoms with van der Waals surface area (Å²) in [4.78, 5) is 12.3. The van der Waals surface area contributed by atoms with Crippen LogP contribution in [0.3, 0.4) is 0 Å². The van der Waals surface area contributed by atoms with Gasteiger partial charge in [0.1, 0.15) is 11.6 Å². The average molecular weight is 379 g/mol. The lowest BCUT2D eigenvalue weighted by atomic mass is 10.1. The third kappa shape index (κ3) is 3.94. The molecule has 0 heterocycles. The number of sulfonamides is 1. The number of hydrogen-bond acceptors (Lipinski definition) is 4. The lowest BCUT2D eigenvalue weighted by Crippen LogP contribution is -2.30. The van der Waals surface area contributed by atoms with Gasteiger partial charge in [0.2, 0.25) is 10.0 Å². The van der Waals surface area contributed by atoms with Gasteiger partial charge in [-0.25, -0.2) is 17.6 Å². The third-order valence-corrected chi connectivity index (χ3v) is 6.15. The molecule has 0 unspecified atom stereocenters. The van der Waals surface area contributed by atoms with Gasteiger partial charge in [0.25, 0.3) is 0 Å². The van der Waals surface area contributed by atoms with Crippen LogP contribution in [0.1, 0.15) is 35.3 Å². The van der Waals surface area contributed by atoms with Gasteiger partial charge in [-0.1, -0.05) is 32.0 Å². The second kappa shape index (κ2) is 7.97. The summed E-state index contributed by atoms with van der Waals surface area (Å²) in [5.41, 5.74) is 1.04. The van der Waals surface area contributed by atoms with E-state index in [4.69, 9.17) is 4.74 Å². The van der Waals surface area contributed by atoms with E-state index in [2.05, 4.69) is 0 Å². The largest absolute Gasteiger partial charge is 0.422 e. The van der Waals surface area contributed by atoms with E-state index in [1.807, 2.05) is 6.07 Å². The fraction of sp³-hybridized carbons (Fsp3) is 0.316. The SMILES string of the molecule is CCN(CC)S(=O)(=O)c1ccc(F)c(C(=O)Oc2c(C)cccc2C)c1. The molecule has 0 spiro atoms. The molecule has 0 aromatic heterocycles. The van der Waals surface area contributed by atoms with Crippen molar-refractivity contribution in [2.45, 2.75) is 32.6 Å². The summed E-state index contributed by atoms with van der Waals surface area (Å²) in [6.07, 6.45) is 0. The molecule has 26 heavy (non-hydrogen) atoms. The molecule has 0 saturated heterocycles. The van der Waals surface area contributed by atoms with Crippen molar-refractivity contribution in [3.63, 3.8) is 0 Å². The first kappa shape index (κ1) is 20.1. The van der Waals surface area contributed by atoms with Crippen molar-refractivity contribution in [1.82, 2.24) is 4.31 Å². The zero-order valence-corrected chi connectivity index (χ0v) is 16.1. The number of carbonyl (C=O) groups excluding carboxylic acids is 1. The molecule has 0 bridgehead atoms. The second-order valence-electron chi connectivity index (χ2n) is 5.84. The number of rotatable bonds is 6. The van der Waals surface area contributed by atoms with Crippen LogP contribution in [0.2, 0.25) is 0 Å². The smallest absolute Gasteiger partial charge is 0.346 e. The van der Waals surface area contributed by atoms with E-state index >= 15 is 0 Å². The highest BCUT2D eigenvalue weighted by Gasteiger charge is 2.25. The van der Waals surface area contributed by atoms with Crippen LogP contribution in [0.5, 0.6) is 5.75 Å². The first-order valence-electron chi connectivity index (χ1n) is 8.30. The predicted octanol–water partition coefficient (Wildman–Crippen LogP) is 3.69. The molecular weight excluding hydrogens is 357 g/mol. The van der Waals surface area contributed by atoms with Gasteiger partial charge in [-0.3, -0.25) is 0 Å². The maximum Gasteiger partial charge on any atom is 0.346 e. The Morgan fingerprint density at radius 3 is 2.19 bits per heavy atom. The zero-order valence-electron chi connectivity index (χ0n) is 15.2. The highest BCUT2D eigenvalue weighted by Crippen LogP contribution is 2.25. The van der Waals surface area contributed by atoms with Crippen molar-refractivity contribution in [1.29, 1.82) is 0 Å². The number of benzene rings is 2. The van der Waals surface area contributed by atoms with Crippen LogP contribution in [0, 0.1) is 19.7 Å². The van der Waals surface area contributed by atoms with E-state index < -0.39 is 27.4 Å². The Hall–Kier alpha value is -2.25. The van der Waals surface area contributed by atoms with Crippen LogP contribution in [0.4, 0.5) is 4.39 Å². The number of ether oxygens (including phenoxy) is 1. The van der Waals surface area contributed by atoms with Gasteiger partial charge < -0.3 is 4.74 Å². The van der Waals surface area contributed by atoms with E-state index in [9.17, 15) is 17.6 Å². The van der Waals surface area contributed by atoms with E-state index in [1.165, 1.54) is 4.31 Å². The molecule has 2 aromatic rings. The van der Waals surface area contributed by atoms with Crippen LogP contribution in [-0.2, 0) is 10.0 Å². The summed E-state index contributed by atoms with van der Waals surface area (Å²) in [7, 11) is -3.80. The zero-order chi connectivity index (χ0) is 19.5. The molecule has 140 valence electrons. The first-order valence-corrected chi connectivity index (χ1v) is 9.74. The summed E-state index contributed by atoms with van der Waals surface area (Å²) in [5, 5.41) is 0. The van der Waals surface area contributed by atoms with Gasteiger partial charge in [0.15, 0.2) is 0 Å². The molecule has 0 atom stereocenters. The lowest BCUT2D eigenvalue weighted by molar-refractivity contribution is 0.0727. The molecule has 5 nitrogen and oxygen atoms in total. The van der Waals surface area contributed by atoms with E-state index in [-0.39, 0.29) is 18.0 Å². The molecule has 0 fully saturated rings. The van der Waals surface area contributed by atoms with Crippen molar-refractivity contribution in [2.75, 3.05) is 13.1 Å². The quantitative estimate of drug-likeness (QED) is 0.567. The summed E-state index contributed by atoms with van der Waals surface area (Å²) in [6, 6.07) is 8.51. The monoisotopic (exact) mass is 379 g/mol. The van der Waals surface area contributed by atoms with Crippen molar-refractivity contribution in [3.8, 4) is 5.75 Å². The summed E-state index contributed by atoms with van der Waals surface area (Å²) in [5.74, 6) is -1.43. The van der Waals surface area contributed by atoms with Crippen LogP contribution in [0.25, 0.3) is 0 Å². The van der Waals surface area contributed by atoms with Crippen LogP contribution in [-0.4, -0.2) is 31.8 Å². The van der Waals surface area contributed by atoms with Gasteiger partial charge in [-0.05, 0) is 43.2 Å². The molecule has 0 saturated carbocycles. The Morgan fingerprint density at radius 1 is 1.08 bits per heavy atom. The number of esters is 1. The molecule has 0 radical (unpaired) electrons. The van der Waals surface area contributed by atoms with Crippen molar-refractivity contribution >= 4 is 16.0 Å². The molecule has 0 N–H and O–H groups in total. The highest BCUT2D eigenvalue weighted by molar-refractivity contribution is 7.89. The van der Waals surface area contributed by atoms with E-state index in [0.717, 1.165) is 29.3 Å². The number of hydrogen-bond donors (Lipinski definition) is 0. The highest BCUT2D eigenvalue weighted by atomic mass is 32.2. The minimum absolute atomic E-state index is 0.143. The fourth-order valence-corrected chi connectivity index (χ4v) is 4.13. The lowest BCUT2D eigenvalue weighted by Gasteiger charge is -2.19. The molecule has 2 aromatic carbocycles. The number of para-hydroxylation sites is 1. The number of aryl methyl sites for hydroxylation is 2. The molecule has 0 amide bonds. The van der Waals surface area contributed by atoms with Crippen LogP contribution >= 0.6 is 0 Å². The van der Waals surface area contributed by atoms with Crippen LogP contribution < -0.4 is 4.74 Å². The van der Waals surface area contributed by atoms with Gasteiger partial charge in [-0.15, -0.1) is 0 Å². The molecule has 0 aliphatic carbocycles. The van der Waals surface area contributed by atoms with E-state index in [0.29, 0.717) is 5.75 Å². The minimum atomic E-state index is -3.80. The van der Waals surface area contributed by atoms with Gasteiger partial charge >= 0.3 is 5.97 Å². The summed E-state index contributed by atoms with van der Waals surface area (Å²) in [6.45, 7) is 7.51. The Bertz CT molecular complexity index is 901. The Morgan fingerprint density at radius 2 is 1.65 bits per heavy atom. The maximum atomic E-state index is 14.2. The van der Waals surface area contributed by atoms with Gasteiger partial charge in [0.05, 0.1) is 10.5 Å². The molecule has 0 aliphatic rings. The van der Waals surface area contributed by atoms with E-state index in [1.54, 1.807) is 39.8 Å². The van der Waals surface area contributed by atoms with Crippen molar-refractivity contribution in [2.24, 2.45) is 0 Å². The number of carbonyl (C=O) groups is 1. The Balaban J connectivity index is 2.43. The molecular formula is C19H22FNO4S. The minimum Gasteiger partial charge on any atom is -0.422 e. The second-order valence-corrected chi connectivity index (χ2v) is 7.78. The third-order valence-electron chi connectivity index (χ3n) is 4.10. The van der Waals surface area contributed by atoms with Crippen molar-refractivity contribution in [3.05, 3.63) is 58.9 Å². The molecule has 2 rings (SSSR count). The Labute approximate surface area is 153 Å². The maximum absolute atomic E-state index is 14.2. The van der Waals surface area contributed by atoms with Gasteiger partial charge in [0, 0.05) is 13.1 Å². The average Bonchev–Trinajstić information content (AvgIpc) is 2.59. The summed E-state index contributed by atoms with van der Waals surface area (Å²) < 4.78 is 45.9.